The van der Waals surface area contributed by atoms with Crippen LogP contribution in [-0.2, 0) is 22.6 Å². The lowest BCUT2D eigenvalue weighted by atomic mass is 10.0. The summed E-state index contributed by atoms with van der Waals surface area (Å²) in [5.41, 5.74) is 3.69. The number of hydrogen-bond acceptors (Lipinski definition) is 7. The molecular weight excluding hydrogens is 689 g/mol. The number of rotatable bonds is 11. The molecule has 0 aliphatic carbocycles. The molecule has 3 amide bonds. The quantitative estimate of drug-likeness (QED) is 0.129. The van der Waals surface area contributed by atoms with Crippen molar-refractivity contribution in [2.24, 2.45) is 0 Å². The van der Waals surface area contributed by atoms with E-state index in [1.165, 1.54) is 0 Å². The Kier molecular flexibility index (Phi) is 10.6. The number of hydrogen-bond donors (Lipinski definition) is 0. The number of nitrogens with zero attached hydrogens (tertiary/aromatic N) is 3. The summed E-state index contributed by atoms with van der Waals surface area (Å²) in [5.74, 6) is 0.461. The van der Waals surface area contributed by atoms with Gasteiger partial charge in [0.05, 0.1) is 11.5 Å². The molecule has 44 heavy (non-hydrogen) atoms. The third kappa shape index (κ3) is 7.65. The van der Waals surface area contributed by atoms with E-state index < -0.39 is 11.1 Å². The van der Waals surface area contributed by atoms with Gasteiger partial charge in [-0.05, 0) is 101 Å². The Labute approximate surface area is 275 Å². The number of para-hydroxylation sites is 1. The number of imide groups is 1. The van der Waals surface area contributed by atoms with Crippen LogP contribution in [0.15, 0.2) is 84.3 Å². The zero-order chi connectivity index (χ0) is 31.1. The first-order chi connectivity index (χ1) is 21.4. The zero-order valence-corrected chi connectivity index (χ0v) is 27.5. The first kappa shape index (κ1) is 31.6. The fraction of sp³-hybridized carbons (Fsp3) is 0.265. The van der Waals surface area contributed by atoms with E-state index in [2.05, 4.69) is 34.1 Å². The van der Waals surface area contributed by atoms with E-state index in [-0.39, 0.29) is 17.4 Å². The van der Waals surface area contributed by atoms with Gasteiger partial charge in [-0.3, -0.25) is 19.3 Å². The third-order valence-electron chi connectivity index (χ3n) is 7.33. The predicted octanol–water partition coefficient (Wildman–Crippen LogP) is 6.38. The van der Waals surface area contributed by atoms with Gasteiger partial charge in [-0.1, -0.05) is 36.4 Å². The Morgan fingerprint density at radius 1 is 1.00 bits per heavy atom. The van der Waals surface area contributed by atoms with Crippen LogP contribution in [0.4, 0.5) is 10.5 Å². The molecule has 2 aliphatic rings. The van der Waals surface area contributed by atoms with Gasteiger partial charge in [-0.2, -0.15) is 0 Å². The summed E-state index contributed by atoms with van der Waals surface area (Å²) in [6, 6.07) is 21.9. The average molecular weight is 724 g/mol. The fourth-order valence-corrected chi connectivity index (χ4v) is 6.31. The molecule has 0 saturated carbocycles. The van der Waals surface area contributed by atoms with Crippen LogP contribution in [-0.4, -0.2) is 66.2 Å². The molecule has 2 saturated heterocycles. The van der Waals surface area contributed by atoms with Crippen molar-refractivity contribution in [3.8, 4) is 11.5 Å². The second kappa shape index (κ2) is 14.8. The van der Waals surface area contributed by atoms with Crippen molar-refractivity contribution in [1.29, 1.82) is 0 Å². The van der Waals surface area contributed by atoms with Gasteiger partial charge >= 0.3 is 0 Å². The summed E-state index contributed by atoms with van der Waals surface area (Å²) < 4.78 is 13.3. The van der Waals surface area contributed by atoms with Crippen LogP contribution in [0.2, 0.25) is 0 Å². The maximum atomic E-state index is 13.3. The maximum Gasteiger partial charge on any atom is 0.294 e. The van der Waals surface area contributed by atoms with E-state index in [1.807, 2.05) is 73.7 Å². The number of halogens is 1. The van der Waals surface area contributed by atoms with Crippen LogP contribution in [0, 0.1) is 3.57 Å². The molecule has 0 atom stereocenters. The topological polar surface area (TPSA) is 79.4 Å². The zero-order valence-electron chi connectivity index (χ0n) is 24.5. The number of carbonyl (C=O) groups excluding carboxylic acids is 3. The molecular formula is C34H34IN3O5S. The van der Waals surface area contributed by atoms with Crippen molar-refractivity contribution < 1.29 is 23.9 Å². The smallest absolute Gasteiger partial charge is 0.294 e. The Morgan fingerprint density at radius 3 is 2.41 bits per heavy atom. The van der Waals surface area contributed by atoms with E-state index in [0.29, 0.717) is 62.9 Å². The van der Waals surface area contributed by atoms with Gasteiger partial charge in [0.25, 0.3) is 11.1 Å². The van der Waals surface area contributed by atoms with Crippen molar-refractivity contribution in [1.82, 2.24) is 9.80 Å². The molecule has 0 bridgehead atoms. The molecule has 228 valence electrons. The number of thioether (sulfide) groups is 1. The fourth-order valence-electron chi connectivity index (χ4n) is 5.11. The van der Waals surface area contributed by atoms with Crippen LogP contribution in [0.25, 0.3) is 6.08 Å². The number of amides is 3. The standard InChI is InChI=1S/C34H34IN3O5S/c1-3-8-26-19-25(20-29(42-4-2)32(26)43-23-24-11-13-27(35)14-12-24)21-30-33(40)38(34(41)44-30)22-31(39)37-17-15-36(16-18-37)28-9-6-5-7-10-28/h3,5-7,9-14,19-21H,1,4,8,15-18,22-23H2,2H3/b30-21+. The predicted molar refractivity (Wildman–Crippen MR) is 183 cm³/mol. The minimum atomic E-state index is -0.474. The van der Waals surface area contributed by atoms with Crippen LogP contribution in [0.3, 0.4) is 0 Å². The summed E-state index contributed by atoms with van der Waals surface area (Å²) >= 11 is 3.11. The van der Waals surface area contributed by atoms with Gasteiger partial charge in [0, 0.05) is 41.0 Å². The molecule has 3 aromatic rings. The monoisotopic (exact) mass is 723 g/mol. The molecule has 0 radical (unpaired) electrons. The average Bonchev–Trinajstić information content (AvgIpc) is 3.29. The second-order valence-electron chi connectivity index (χ2n) is 10.3. The molecule has 0 aromatic heterocycles. The van der Waals surface area contributed by atoms with E-state index >= 15 is 0 Å². The van der Waals surface area contributed by atoms with Crippen molar-refractivity contribution in [2.75, 3.05) is 44.2 Å². The molecule has 3 aromatic carbocycles. The van der Waals surface area contributed by atoms with Crippen molar-refractivity contribution >= 4 is 63.2 Å². The summed E-state index contributed by atoms with van der Waals surface area (Å²) in [6.07, 6.45) is 3.98. The number of allylic oxidation sites excluding steroid dienone is 1. The lowest BCUT2D eigenvalue weighted by Crippen LogP contribution is -2.51. The Balaban J connectivity index is 1.28. The van der Waals surface area contributed by atoms with Gasteiger partial charge in [0.2, 0.25) is 5.91 Å². The number of ether oxygens (including phenoxy) is 2. The van der Waals surface area contributed by atoms with Crippen molar-refractivity contribution in [2.45, 2.75) is 20.0 Å². The highest BCUT2D eigenvalue weighted by molar-refractivity contribution is 14.1. The molecule has 10 heteroatoms. The summed E-state index contributed by atoms with van der Waals surface area (Å²) in [7, 11) is 0. The normalized spacial score (nSPS) is 16.0. The van der Waals surface area contributed by atoms with Crippen molar-refractivity contribution in [3.05, 3.63) is 105 Å². The summed E-state index contributed by atoms with van der Waals surface area (Å²) in [5, 5.41) is -0.452. The second-order valence-corrected chi connectivity index (χ2v) is 12.6. The van der Waals surface area contributed by atoms with E-state index in [0.717, 1.165) is 37.0 Å². The Morgan fingerprint density at radius 2 is 1.73 bits per heavy atom. The number of piperazine rings is 1. The minimum absolute atomic E-state index is 0.234. The van der Waals surface area contributed by atoms with Gasteiger partial charge in [-0.25, -0.2) is 0 Å². The van der Waals surface area contributed by atoms with Crippen LogP contribution >= 0.6 is 34.4 Å². The van der Waals surface area contributed by atoms with Crippen molar-refractivity contribution in [3.63, 3.8) is 0 Å². The van der Waals surface area contributed by atoms with Crippen LogP contribution in [0.5, 0.6) is 11.5 Å². The Bertz CT molecular complexity index is 1550. The largest absolute Gasteiger partial charge is 0.490 e. The molecule has 0 spiro atoms. The van der Waals surface area contributed by atoms with Gasteiger partial charge in [-0.15, -0.1) is 6.58 Å². The van der Waals surface area contributed by atoms with Gasteiger partial charge < -0.3 is 19.3 Å². The Hall–Kier alpha value is -3.77. The molecule has 8 nitrogen and oxygen atoms in total. The summed E-state index contributed by atoms with van der Waals surface area (Å²) in [6.45, 7) is 8.76. The molecule has 2 aliphatic heterocycles. The van der Waals surface area contributed by atoms with E-state index in [4.69, 9.17) is 9.47 Å². The molecule has 0 N–H and O–H groups in total. The van der Waals surface area contributed by atoms with Gasteiger partial charge in [0.15, 0.2) is 11.5 Å². The lowest BCUT2D eigenvalue weighted by molar-refractivity contribution is -0.136. The van der Waals surface area contributed by atoms with E-state index in [9.17, 15) is 14.4 Å². The molecule has 2 heterocycles. The number of benzene rings is 3. The van der Waals surface area contributed by atoms with E-state index in [1.54, 1.807) is 17.1 Å². The third-order valence-corrected chi connectivity index (χ3v) is 8.96. The van der Waals surface area contributed by atoms with Crippen LogP contribution < -0.4 is 14.4 Å². The maximum absolute atomic E-state index is 13.3. The first-order valence-electron chi connectivity index (χ1n) is 14.5. The highest BCUT2D eigenvalue weighted by Crippen LogP contribution is 2.38. The lowest BCUT2D eigenvalue weighted by Gasteiger charge is -2.36. The highest BCUT2D eigenvalue weighted by atomic mass is 127. The number of carbonyl (C=O) groups is 3. The minimum Gasteiger partial charge on any atom is -0.490 e. The number of anilines is 1. The highest BCUT2D eigenvalue weighted by Gasteiger charge is 2.37. The van der Waals surface area contributed by atoms with Gasteiger partial charge in [0.1, 0.15) is 13.2 Å². The molecule has 0 unspecified atom stereocenters. The first-order valence-corrected chi connectivity index (χ1v) is 16.4. The molecule has 2 fully saturated rings. The SMILES string of the molecule is C=CCc1cc(/C=C2/SC(=O)N(CC(=O)N3CCN(c4ccccc4)CC3)C2=O)cc(OCC)c1OCc1ccc(I)cc1. The van der Waals surface area contributed by atoms with Crippen LogP contribution in [0.1, 0.15) is 23.6 Å². The summed E-state index contributed by atoms with van der Waals surface area (Å²) in [4.78, 5) is 44.5. The molecule has 5 rings (SSSR count).